The van der Waals surface area contributed by atoms with Gasteiger partial charge in [-0.3, -0.25) is 4.79 Å². The molecular formula is C12H12BrClO4. The largest absolute Gasteiger partial charge is 0.478 e. The van der Waals surface area contributed by atoms with E-state index < -0.39 is 11.6 Å². The number of carboxylic acids is 1. The maximum absolute atomic E-state index is 11.5. The van der Waals surface area contributed by atoms with E-state index in [2.05, 4.69) is 15.9 Å². The van der Waals surface area contributed by atoms with Gasteiger partial charge in [0.2, 0.25) is 0 Å². The molecule has 0 aliphatic heterocycles. The number of Topliss-reactive ketones (excluding diaryl/α,β-unsaturated/α-hetero) is 1. The van der Waals surface area contributed by atoms with Gasteiger partial charge in [-0.25, -0.2) is 4.79 Å². The topological polar surface area (TPSA) is 63.6 Å². The molecule has 0 saturated heterocycles. The average Bonchev–Trinajstić information content (AvgIpc) is 2.27. The summed E-state index contributed by atoms with van der Waals surface area (Å²) in [6.45, 7) is 2.86. The predicted molar refractivity (Wildman–Crippen MR) is 71.9 cm³/mol. The van der Waals surface area contributed by atoms with Crippen LogP contribution in [0.25, 0.3) is 0 Å². The number of carbonyl (C=O) groups is 2. The minimum atomic E-state index is -1.36. The first-order valence-corrected chi connectivity index (χ1v) is 6.59. The van der Waals surface area contributed by atoms with Crippen molar-refractivity contribution in [3.63, 3.8) is 0 Å². The van der Waals surface area contributed by atoms with E-state index in [9.17, 15) is 9.59 Å². The molecule has 4 nitrogen and oxygen atoms in total. The molecule has 1 rings (SSSR count). The van der Waals surface area contributed by atoms with Crippen LogP contribution in [0.5, 0.6) is 5.75 Å². The van der Waals surface area contributed by atoms with E-state index in [0.717, 1.165) is 0 Å². The molecule has 0 aromatic heterocycles. The van der Waals surface area contributed by atoms with Crippen LogP contribution in [0.15, 0.2) is 18.2 Å². The molecule has 98 valence electrons. The molecule has 0 radical (unpaired) electrons. The molecule has 1 N–H and O–H groups in total. The van der Waals surface area contributed by atoms with Gasteiger partial charge >= 0.3 is 5.97 Å². The number of hydrogen-bond acceptors (Lipinski definition) is 3. The van der Waals surface area contributed by atoms with Gasteiger partial charge in [-0.05, 0) is 32.0 Å². The summed E-state index contributed by atoms with van der Waals surface area (Å²) in [7, 11) is 0. The van der Waals surface area contributed by atoms with Crippen LogP contribution in [0.3, 0.4) is 0 Å². The van der Waals surface area contributed by atoms with E-state index in [0.29, 0.717) is 11.3 Å². The number of benzene rings is 1. The number of ketones is 1. The second-order valence-corrected chi connectivity index (χ2v) is 5.08. The zero-order valence-corrected chi connectivity index (χ0v) is 12.2. The molecule has 0 aliphatic carbocycles. The van der Waals surface area contributed by atoms with Crippen LogP contribution in [0.2, 0.25) is 5.02 Å². The standard InChI is InChI=1S/C12H12BrClO4/c1-12(2,11(16)17)18-7-3-4-8(9(14)5-7)10(15)6-13/h3-5H,6H2,1-2H3,(H,16,17). The molecule has 0 spiro atoms. The van der Waals surface area contributed by atoms with Gasteiger partial charge in [0.1, 0.15) is 5.75 Å². The molecule has 0 saturated carbocycles. The summed E-state index contributed by atoms with van der Waals surface area (Å²) in [4.78, 5) is 22.4. The van der Waals surface area contributed by atoms with Gasteiger partial charge in [0.15, 0.2) is 11.4 Å². The first-order chi connectivity index (χ1) is 8.27. The number of alkyl halides is 1. The normalized spacial score (nSPS) is 11.1. The van der Waals surface area contributed by atoms with Crippen LogP contribution in [-0.2, 0) is 4.79 Å². The fourth-order valence-corrected chi connectivity index (χ4v) is 1.77. The van der Waals surface area contributed by atoms with Gasteiger partial charge in [-0.2, -0.15) is 0 Å². The Balaban J connectivity index is 2.99. The lowest BCUT2D eigenvalue weighted by molar-refractivity contribution is -0.152. The van der Waals surface area contributed by atoms with Gasteiger partial charge in [-0.1, -0.05) is 27.5 Å². The Hall–Kier alpha value is -1.07. The van der Waals surface area contributed by atoms with Crippen molar-refractivity contribution in [2.75, 3.05) is 5.33 Å². The molecule has 1 aromatic carbocycles. The molecule has 1 aromatic rings. The Morgan fingerprint density at radius 2 is 2.06 bits per heavy atom. The first-order valence-electron chi connectivity index (χ1n) is 5.09. The predicted octanol–water partition coefficient (Wildman–Crippen LogP) is 3.16. The monoisotopic (exact) mass is 334 g/mol. The third-order valence-electron chi connectivity index (χ3n) is 2.25. The number of carboxylic acid groups (broad SMARTS) is 1. The van der Waals surface area contributed by atoms with Gasteiger partial charge in [0.05, 0.1) is 10.4 Å². The van der Waals surface area contributed by atoms with Crippen molar-refractivity contribution in [2.24, 2.45) is 0 Å². The highest BCUT2D eigenvalue weighted by atomic mass is 79.9. The summed E-state index contributed by atoms with van der Waals surface area (Å²) in [5.41, 5.74) is -0.987. The molecule has 0 amide bonds. The SMILES string of the molecule is CC(C)(Oc1ccc(C(=O)CBr)c(Cl)c1)C(=O)O. The quantitative estimate of drug-likeness (QED) is 0.663. The summed E-state index contributed by atoms with van der Waals surface area (Å²) in [6.07, 6.45) is 0. The van der Waals surface area contributed by atoms with Gasteiger partial charge in [-0.15, -0.1) is 0 Å². The summed E-state index contributed by atoms with van der Waals surface area (Å²) in [5, 5.41) is 9.34. The Labute approximate surface area is 118 Å². The van der Waals surface area contributed by atoms with Crippen molar-refractivity contribution in [2.45, 2.75) is 19.4 Å². The van der Waals surface area contributed by atoms with E-state index in [1.165, 1.54) is 32.0 Å². The van der Waals surface area contributed by atoms with Crippen LogP contribution < -0.4 is 4.74 Å². The zero-order chi connectivity index (χ0) is 13.9. The Morgan fingerprint density at radius 1 is 1.44 bits per heavy atom. The first kappa shape index (κ1) is 15.0. The van der Waals surface area contributed by atoms with Gasteiger partial charge in [0, 0.05) is 5.56 Å². The lowest BCUT2D eigenvalue weighted by atomic mass is 10.1. The van der Waals surface area contributed by atoms with Gasteiger partial charge < -0.3 is 9.84 Å². The summed E-state index contributed by atoms with van der Waals surface area (Å²) in [6, 6.07) is 4.47. The highest BCUT2D eigenvalue weighted by Crippen LogP contribution is 2.26. The van der Waals surface area contributed by atoms with E-state index in [-0.39, 0.29) is 16.1 Å². The molecule has 18 heavy (non-hydrogen) atoms. The number of rotatable bonds is 5. The van der Waals surface area contributed by atoms with Crippen molar-refractivity contribution < 1.29 is 19.4 Å². The van der Waals surface area contributed by atoms with Crippen molar-refractivity contribution in [3.8, 4) is 5.75 Å². The van der Waals surface area contributed by atoms with Gasteiger partial charge in [0.25, 0.3) is 0 Å². The van der Waals surface area contributed by atoms with E-state index in [1.54, 1.807) is 0 Å². The van der Waals surface area contributed by atoms with Crippen molar-refractivity contribution in [1.29, 1.82) is 0 Å². The lowest BCUT2D eigenvalue weighted by Gasteiger charge is -2.21. The molecule has 0 atom stereocenters. The number of halogens is 2. The highest BCUT2D eigenvalue weighted by molar-refractivity contribution is 9.09. The van der Waals surface area contributed by atoms with Crippen LogP contribution >= 0.6 is 27.5 Å². The maximum Gasteiger partial charge on any atom is 0.347 e. The molecule has 0 heterocycles. The van der Waals surface area contributed by atoms with Crippen molar-refractivity contribution in [3.05, 3.63) is 28.8 Å². The van der Waals surface area contributed by atoms with Crippen LogP contribution in [0.1, 0.15) is 24.2 Å². The number of aliphatic carboxylic acids is 1. The minimum Gasteiger partial charge on any atom is -0.478 e. The minimum absolute atomic E-state index is 0.149. The Bertz CT molecular complexity index is 485. The summed E-state index contributed by atoms with van der Waals surface area (Å²) in [5.74, 6) is -0.929. The molecular weight excluding hydrogens is 323 g/mol. The molecule has 0 fully saturated rings. The van der Waals surface area contributed by atoms with Crippen LogP contribution in [0.4, 0.5) is 0 Å². The third-order valence-corrected chi connectivity index (χ3v) is 3.07. The van der Waals surface area contributed by atoms with Crippen molar-refractivity contribution >= 4 is 39.3 Å². The summed E-state index contributed by atoms with van der Waals surface area (Å²) < 4.78 is 5.31. The van der Waals surface area contributed by atoms with E-state index in [4.69, 9.17) is 21.4 Å². The maximum atomic E-state index is 11.5. The average molecular weight is 336 g/mol. The number of hydrogen-bond donors (Lipinski definition) is 1. The Morgan fingerprint density at radius 3 is 2.50 bits per heavy atom. The summed E-state index contributed by atoms with van der Waals surface area (Å²) >= 11 is 9.00. The number of carbonyl (C=O) groups excluding carboxylic acids is 1. The number of ether oxygens (including phenoxy) is 1. The third kappa shape index (κ3) is 3.46. The Kier molecular flexibility index (Phi) is 4.76. The molecule has 0 bridgehead atoms. The highest BCUT2D eigenvalue weighted by Gasteiger charge is 2.29. The molecule has 0 aliphatic rings. The molecule has 0 unspecified atom stereocenters. The second-order valence-electron chi connectivity index (χ2n) is 4.12. The van der Waals surface area contributed by atoms with Crippen LogP contribution in [-0.4, -0.2) is 27.8 Å². The smallest absolute Gasteiger partial charge is 0.347 e. The van der Waals surface area contributed by atoms with Crippen molar-refractivity contribution in [1.82, 2.24) is 0 Å². The fourth-order valence-electron chi connectivity index (χ4n) is 1.20. The second kappa shape index (κ2) is 5.71. The molecule has 6 heteroatoms. The van der Waals surface area contributed by atoms with Crippen LogP contribution in [0, 0.1) is 0 Å². The van der Waals surface area contributed by atoms with E-state index in [1.807, 2.05) is 0 Å². The fraction of sp³-hybridized carbons (Fsp3) is 0.333. The lowest BCUT2D eigenvalue weighted by Crippen LogP contribution is -2.37. The van der Waals surface area contributed by atoms with E-state index >= 15 is 0 Å². The zero-order valence-electron chi connectivity index (χ0n) is 9.87.